The van der Waals surface area contributed by atoms with Crippen molar-refractivity contribution in [2.45, 2.75) is 38.1 Å². The van der Waals surface area contributed by atoms with Crippen molar-refractivity contribution in [2.75, 3.05) is 5.75 Å². The van der Waals surface area contributed by atoms with Crippen LogP contribution in [0.2, 0.25) is 0 Å². The fraction of sp³-hybridized carbons (Fsp3) is 0.538. The Bertz CT molecular complexity index is 410. The first kappa shape index (κ1) is 11.5. The van der Waals surface area contributed by atoms with E-state index in [9.17, 15) is 0 Å². The largest absolute Gasteiger partial charge is 0.247 e. The maximum atomic E-state index is 8.75. The minimum atomic E-state index is 0.304. The van der Waals surface area contributed by atoms with Crippen LogP contribution in [-0.4, -0.2) is 10.7 Å². The highest BCUT2D eigenvalue weighted by Crippen LogP contribution is 2.51. The van der Waals surface area contributed by atoms with Gasteiger partial charge in [-0.1, -0.05) is 0 Å². The Labute approximate surface area is 101 Å². The van der Waals surface area contributed by atoms with Crippen LogP contribution in [0.15, 0.2) is 17.2 Å². The van der Waals surface area contributed by atoms with Crippen molar-refractivity contribution in [1.29, 1.82) is 5.26 Å². The number of aryl methyl sites for hydroxylation is 2. The molecule has 0 aliphatic heterocycles. The summed E-state index contributed by atoms with van der Waals surface area (Å²) in [4.78, 5) is 4.51. The summed E-state index contributed by atoms with van der Waals surface area (Å²) < 4.78 is 0. The van der Waals surface area contributed by atoms with Crippen LogP contribution < -0.4 is 0 Å². The van der Waals surface area contributed by atoms with Gasteiger partial charge < -0.3 is 0 Å². The van der Waals surface area contributed by atoms with Crippen LogP contribution in [0, 0.1) is 30.6 Å². The smallest absolute Gasteiger partial charge is 0.0965 e. The fourth-order valence-electron chi connectivity index (χ4n) is 1.82. The Hall–Kier alpha value is -1.01. The van der Waals surface area contributed by atoms with Crippen LogP contribution in [-0.2, 0) is 0 Å². The van der Waals surface area contributed by atoms with E-state index in [1.807, 2.05) is 6.92 Å². The van der Waals surface area contributed by atoms with E-state index in [-0.39, 0.29) is 0 Å². The van der Waals surface area contributed by atoms with Gasteiger partial charge in [-0.05, 0) is 49.8 Å². The van der Waals surface area contributed by atoms with Gasteiger partial charge in [0.2, 0.25) is 0 Å². The molecule has 0 N–H and O–H groups in total. The fourth-order valence-corrected chi connectivity index (χ4v) is 3.14. The zero-order valence-corrected chi connectivity index (χ0v) is 10.6. The molecule has 1 heterocycles. The summed E-state index contributed by atoms with van der Waals surface area (Å²) in [6.07, 6.45) is 3.11. The summed E-state index contributed by atoms with van der Waals surface area (Å²) in [5.74, 6) is 1.04. The van der Waals surface area contributed by atoms with Crippen molar-refractivity contribution in [3.63, 3.8) is 0 Å². The number of hydrogen-bond donors (Lipinski definition) is 0. The molecule has 0 unspecified atom stereocenters. The van der Waals surface area contributed by atoms with Crippen LogP contribution in [0.1, 0.15) is 30.5 Å². The van der Waals surface area contributed by atoms with Gasteiger partial charge in [0.15, 0.2) is 0 Å². The van der Waals surface area contributed by atoms with Gasteiger partial charge in [0, 0.05) is 17.9 Å². The molecule has 1 aliphatic rings. The molecular formula is C13H16N2S. The van der Waals surface area contributed by atoms with Gasteiger partial charge >= 0.3 is 0 Å². The SMILES string of the molecule is Cc1cc(C)nc(SCC2(CC#N)CC2)c1. The molecule has 2 nitrogen and oxygen atoms in total. The molecule has 0 saturated heterocycles. The summed E-state index contributed by atoms with van der Waals surface area (Å²) in [6.45, 7) is 4.13. The van der Waals surface area contributed by atoms with Gasteiger partial charge in [-0.2, -0.15) is 5.26 Å². The average Bonchev–Trinajstić information content (AvgIpc) is 2.95. The first-order valence-electron chi connectivity index (χ1n) is 5.59. The third-order valence-corrected chi connectivity index (χ3v) is 4.27. The summed E-state index contributed by atoms with van der Waals surface area (Å²) >= 11 is 1.80. The lowest BCUT2D eigenvalue weighted by Gasteiger charge is -2.10. The van der Waals surface area contributed by atoms with Crippen molar-refractivity contribution in [3.05, 3.63) is 23.4 Å². The highest BCUT2D eigenvalue weighted by Gasteiger charge is 2.42. The Morgan fingerprint density at radius 3 is 2.75 bits per heavy atom. The van der Waals surface area contributed by atoms with Crippen molar-refractivity contribution in [2.24, 2.45) is 5.41 Å². The molecule has 0 aromatic carbocycles. The van der Waals surface area contributed by atoms with Crippen LogP contribution >= 0.6 is 11.8 Å². The van der Waals surface area contributed by atoms with Crippen LogP contribution in [0.4, 0.5) is 0 Å². The second-order valence-electron chi connectivity index (χ2n) is 4.75. The van der Waals surface area contributed by atoms with Gasteiger partial charge in [0.1, 0.15) is 0 Å². The van der Waals surface area contributed by atoms with Crippen LogP contribution in [0.25, 0.3) is 0 Å². The zero-order chi connectivity index (χ0) is 11.6. The third-order valence-electron chi connectivity index (χ3n) is 3.01. The molecule has 0 atom stereocenters. The first-order chi connectivity index (χ1) is 7.63. The highest BCUT2D eigenvalue weighted by molar-refractivity contribution is 7.99. The van der Waals surface area contributed by atoms with E-state index in [0.717, 1.165) is 16.5 Å². The van der Waals surface area contributed by atoms with Crippen LogP contribution in [0.3, 0.4) is 0 Å². The molecule has 0 bridgehead atoms. The second-order valence-corrected chi connectivity index (χ2v) is 5.74. The van der Waals surface area contributed by atoms with Crippen molar-refractivity contribution in [1.82, 2.24) is 4.98 Å². The normalized spacial score (nSPS) is 16.8. The molecule has 1 fully saturated rings. The van der Waals surface area contributed by atoms with E-state index in [0.29, 0.717) is 11.8 Å². The number of nitrogens with zero attached hydrogens (tertiary/aromatic N) is 2. The molecule has 0 amide bonds. The number of thioether (sulfide) groups is 1. The van der Waals surface area contributed by atoms with E-state index in [1.165, 1.54) is 18.4 Å². The van der Waals surface area contributed by atoms with Gasteiger partial charge in [-0.15, -0.1) is 11.8 Å². The van der Waals surface area contributed by atoms with Gasteiger partial charge in [-0.25, -0.2) is 4.98 Å². The maximum Gasteiger partial charge on any atom is 0.0965 e. The molecule has 1 aliphatic carbocycles. The summed E-state index contributed by atoms with van der Waals surface area (Å²) in [5.41, 5.74) is 2.64. The summed E-state index contributed by atoms with van der Waals surface area (Å²) in [7, 11) is 0. The molecule has 1 aromatic rings. The minimum Gasteiger partial charge on any atom is -0.247 e. The monoisotopic (exact) mass is 232 g/mol. The Morgan fingerprint density at radius 1 is 1.44 bits per heavy atom. The molecule has 84 valence electrons. The molecule has 0 radical (unpaired) electrons. The standard InChI is InChI=1S/C13H16N2S/c1-10-7-11(2)15-12(8-10)16-9-13(3-4-13)5-6-14/h7-8H,3-5,9H2,1-2H3. The highest BCUT2D eigenvalue weighted by atomic mass is 32.2. The van der Waals surface area contributed by atoms with E-state index >= 15 is 0 Å². The van der Waals surface area contributed by atoms with Crippen molar-refractivity contribution >= 4 is 11.8 Å². The zero-order valence-electron chi connectivity index (χ0n) is 9.79. The lowest BCUT2D eigenvalue weighted by molar-refractivity contribution is 0.603. The Balaban J connectivity index is 1.97. The molecule has 16 heavy (non-hydrogen) atoms. The number of aromatic nitrogens is 1. The predicted molar refractivity (Wildman–Crippen MR) is 66.3 cm³/mol. The minimum absolute atomic E-state index is 0.304. The van der Waals surface area contributed by atoms with E-state index < -0.39 is 0 Å². The lowest BCUT2D eigenvalue weighted by Crippen LogP contribution is -2.03. The number of rotatable bonds is 4. The first-order valence-corrected chi connectivity index (χ1v) is 6.57. The Morgan fingerprint density at radius 2 is 2.19 bits per heavy atom. The maximum absolute atomic E-state index is 8.75. The molecular weight excluding hydrogens is 216 g/mol. The number of nitriles is 1. The quantitative estimate of drug-likeness (QED) is 0.746. The molecule has 3 heteroatoms. The van der Waals surface area contributed by atoms with E-state index in [4.69, 9.17) is 5.26 Å². The van der Waals surface area contributed by atoms with Crippen molar-refractivity contribution in [3.8, 4) is 6.07 Å². The summed E-state index contributed by atoms with van der Waals surface area (Å²) in [5, 5.41) is 9.85. The molecule has 1 saturated carbocycles. The average molecular weight is 232 g/mol. The van der Waals surface area contributed by atoms with Crippen molar-refractivity contribution < 1.29 is 0 Å². The summed E-state index contributed by atoms with van der Waals surface area (Å²) in [6, 6.07) is 6.51. The van der Waals surface area contributed by atoms with Gasteiger partial charge in [0.25, 0.3) is 0 Å². The van der Waals surface area contributed by atoms with Crippen LogP contribution in [0.5, 0.6) is 0 Å². The molecule has 2 rings (SSSR count). The second kappa shape index (κ2) is 4.47. The lowest BCUT2D eigenvalue weighted by atomic mass is 10.1. The Kier molecular flexibility index (Phi) is 3.20. The topological polar surface area (TPSA) is 36.7 Å². The van der Waals surface area contributed by atoms with E-state index in [1.54, 1.807) is 11.8 Å². The predicted octanol–water partition coefficient (Wildman–Crippen LogP) is 3.48. The number of hydrogen-bond acceptors (Lipinski definition) is 3. The number of pyridine rings is 1. The van der Waals surface area contributed by atoms with Gasteiger partial charge in [-0.3, -0.25) is 0 Å². The molecule has 0 spiro atoms. The third kappa shape index (κ3) is 2.76. The molecule has 1 aromatic heterocycles. The van der Waals surface area contributed by atoms with E-state index in [2.05, 4.69) is 30.1 Å². The van der Waals surface area contributed by atoms with Gasteiger partial charge in [0.05, 0.1) is 11.1 Å².